The normalized spacial score (nSPS) is 20.9. The van der Waals surface area contributed by atoms with Gasteiger partial charge in [-0.25, -0.2) is 0 Å². The Kier molecular flexibility index (Phi) is 8.38. The molecule has 6 heteroatoms. The van der Waals surface area contributed by atoms with E-state index < -0.39 is 23.8 Å². The van der Waals surface area contributed by atoms with Gasteiger partial charge in [-0.05, 0) is 26.2 Å². The second kappa shape index (κ2) is 9.50. The van der Waals surface area contributed by atoms with Crippen LogP contribution in [0.3, 0.4) is 0 Å². The van der Waals surface area contributed by atoms with Gasteiger partial charge in [0, 0.05) is 6.61 Å². The number of ether oxygens (including phenoxy) is 2. The van der Waals surface area contributed by atoms with Crippen LogP contribution in [0.2, 0.25) is 0 Å². The molecule has 1 N–H and O–H groups in total. The van der Waals surface area contributed by atoms with E-state index in [2.05, 4.69) is 0 Å². The quantitative estimate of drug-likeness (QED) is 0.522. The molecule has 0 amide bonds. The Labute approximate surface area is 128 Å². The van der Waals surface area contributed by atoms with Crippen LogP contribution < -0.4 is 0 Å². The zero-order valence-corrected chi connectivity index (χ0v) is 13.9. The molecule has 0 saturated heterocycles. The van der Waals surface area contributed by atoms with Crippen LogP contribution in [0.1, 0.15) is 52.4 Å². The van der Waals surface area contributed by atoms with Crippen molar-refractivity contribution in [1.82, 2.24) is 0 Å². The number of aliphatic hydroxyl groups excluding tert-OH is 1. The topological polar surface area (TPSA) is 72.8 Å². The number of rotatable bonds is 9. The predicted octanol–water partition coefficient (Wildman–Crippen LogP) is 3.15. The van der Waals surface area contributed by atoms with Crippen molar-refractivity contribution >= 4 is 14.4 Å². The summed E-state index contributed by atoms with van der Waals surface area (Å²) in [6.07, 6.45) is 6.26. The number of carbonyl (C=O) groups is 1. The van der Waals surface area contributed by atoms with Gasteiger partial charge in [-0.3, -0.25) is 9.36 Å². The van der Waals surface area contributed by atoms with Crippen molar-refractivity contribution in [2.24, 2.45) is 11.8 Å². The van der Waals surface area contributed by atoms with Crippen LogP contribution in [0, 0.1) is 11.8 Å². The van der Waals surface area contributed by atoms with Crippen molar-refractivity contribution in [2.75, 3.05) is 19.8 Å². The van der Waals surface area contributed by atoms with E-state index in [9.17, 15) is 14.5 Å². The Hall–Kier alpha value is -0.510. The first-order valence-corrected chi connectivity index (χ1v) is 8.70. The van der Waals surface area contributed by atoms with Gasteiger partial charge in [-0.2, -0.15) is 0 Å². The fourth-order valence-electron chi connectivity index (χ4n) is 3.09. The van der Waals surface area contributed by atoms with E-state index in [-0.39, 0.29) is 21.7 Å². The summed E-state index contributed by atoms with van der Waals surface area (Å²) in [6, 6.07) is 0. The summed E-state index contributed by atoms with van der Waals surface area (Å²) >= 11 is 0. The van der Waals surface area contributed by atoms with Gasteiger partial charge in [0.1, 0.15) is 0 Å². The first-order chi connectivity index (χ1) is 10.1. The molecule has 2 atom stereocenters. The maximum Gasteiger partial charge on any atom is 0.312 e. The predicted molar refractivity (Wildman–Crippen MR) is 80.4 cm³/mol. The molecule has 0 aromatic heterocycles. The second-order valence-electron chi connectivity index (χ2n) is 5.57. The number of carbonyl (C=O) groups excluding carboxylic acids is 1. The molecule has 5 nitrogen and oxygen atoms in total. The second-order valence-corrected chi connectivity index (χ2v) is 6.51. The number of hydrogen-bond acceptors (Lipinski definition) is 5. The Bertz CT molecular complexity index is 330. The molecule has 122 valence electrons. The summed E-state index contributed by atoms with van der Waals surface area (Å²) in [5.41, 5.74) is 0. The van der Waals surface area contributed by atoms with Gasteiger partial charge in [0.15, 0.2) is 13.8 Å². The number of esters is 1. The summed E-state index contributed by atoms with van der Waals surface area (Å²) in [6.45, 7) is 3.60. The summed E-state index contributed by atoms with van der Waals surface area (Å²) in [7, 11) is -0.364. The highest BCUT2D eigenvalue weighted by Crippen LogP contribution is 2.40. The average Bonchev–Trinajstić information content (AvgIpc) is 2.52. The highest BCUT2D eigenvalue weighted by atomic mass is 31.1. The van der Waals surface area contributed by atoms with Gasteiger partial charge >= 0.3 is 5.97 Å². The highest BCUT2D eigenvalue weighted by molar-refractivity contribution is 7.25. The van der Waals surface area contributed by atoms with Gasteiger partial charge in [-0.15, -0.1) is 0 Å². The molecule has 1 saturated carbocycles. The molecule has 1 fully saturated rings. The lowest BCUT2D eigenvalue weighted by molar-refractivity contribution is -0.160. The van der Waals surface area contributed by atoms with Gasteiger partial charge in [0.2, 0.25) is 0 Å². The average molecular weight is 318 g/mol. The van der Waals surface area contributed by atoms with Crippen molar-refractivity contribution in [3.63, 3.8) is 0 Å². The maximum atomic E-state index is 12.3. The van der Waals surface area contributed by atoms with E-state index >= 15 is 0 Å². The summed E-state index contributed by atoms with van der Waals surface area (Å²) in [5, 5.41) is 8.31. The minimum atomic E-state index is -1.38. The van der Waals surface area contributed by atoms with E-state index in [1.54, 1.807) is 13.8 Å². The fraction of sp³-hybridized carbons (Fsp3) is 0.933. The smallest absolute Gasteiger partial charge is 0.312 e. The molecular formula is C15H27O5P. The first kappa shape index (κ1) is 18.5. The minimum absolute atomic E-state index is 0.267. The van der Waals surface area contributed by atoms with Crippen LogP contribution in [0.25, 0.3) is 0 Å². The summed E-state index contributed by atoms with van der Waals surface area (Å²) < 4.78 is 22.3. The first-order valence-electron chi connectivity index (χ1n) is 7.89. The third-order valence-electron chi connectivity index (χ3n) is 4.18. The van der Waals surface area contributed by atoms with Gasteiger partial charge in [0.25, 0.3) is 0 Å². The molecule has 1 aliphatic rings. The van der Waals surface area contributed by atoms with Crippen molar-refractivity contribution in [1.29, 1.82) is 0 Å². The lowest BCUT2D eigenvalue weighted by Gasteiger charge is -2.34. The molecule has 0 aliphatic heterocycles. The van der Waals surface area contributed by atoms with Crippen LogP contribution in [-0.4, -0.2) is 36.2 Å². The van der Waals surface area contributed by atoms with E-state index in [0.717, 1.165) is 25.7 Å². The molecule has 0 radical (unpaired) electrons. The van der Waals surface area contributed by atoms with Crippen LogP contribution in [0.5, 0.6) is 0 Å². The SMILES string of the molecule is CCOC(=O)C(CC1CCCCC1)C(CO)(OCC)P=O. The lowest BCUT2D eigenvalue weighted by Crippen LogP contribution is -2.45. The maximum absolute atomic E-state index is 12.3. The highest BCUT2D eigenvalue weighted by Gasteiger charge is 2.47. The lowest BCUT2D eigenvalue weighted by atomic mass is 9.81. The Balaban J connectivity index is 2.92. The van der Waals surface area contributed by atoms with Crippen LogP contribution in [-0.2, 0) is 18.8 Å². The molecule has 1 aliphatic carbocycles. The molecule has 0 spiro atoms. The molecular weight excluding hydrogens is 291 g/mol. The Morgan fingerprint density at radius 2 is 1.95 bits per heavy atom. The molecule has 0 aromatic carbocycles. The molecule has 1 rings (SSSR count). The monoisotopic (exact) mass is 318 g/mol. The van der Waals surface area contributed by atoms with Crippen molar-refractivity contribution < 1.29 is 23.9 Å². The minimum Gasteiger partial charge on any atom is -0.466 e. The molecule has 21 heavy (non-hydrogen) atoms. The van der Waals surface area contributed by atoms with E-state index in [4.69, 9.17) is 9.47 Å². The van der Waals surface area contributed by atoms with Crippen molar-refractivity contribution in [2.45, 2.75) is 57.7 Å². The summed E-state index contributed by atoms with van der Waals surface area (Å²) in [4.78, 5) is 12.3. The fourth-order valence-corrected chi connectivity index (χ4v) is 3.67. The molecule has 0 heterocycles. The Morgan fingerprint density at radius 3 is 2.43 bits per heavy atom. The third kappa shape index (κ3) is 5.01. The largest absolute Gasteiger partial charge is 0.466 e. The van der Waals surface area contributed by atoms with E-state index in [1.807, 2.05) is 0 Å². The van der Waals surface area contributed by atoms with E-state index in [0.29, 0.717) is 12.3 Å². The zero-order valence-electron chi connectivity index (χ0n) is 13.0. The van der Waals surface area contributed by atoms with Crippen LogP contribution >= 0.6 is 8.46 Å². The molecule has 0 bridgehead atoms. The van der Waals surface area contributed by atoms with Gasteiger partial charge in [-0.1, -0.05) is 32.1 Å². The number of hydrogen-bond donors (Lipinski definition) is 1. The number of aliphatic hydroxyl groups is 1. The van der Waals surface area contributed by atoms with Crippen molar-refractivity contribution in [3.05, 3.63) is 0 Å². The molecule has 2 unspecified atom stereocenters. The third-order valence-corrected chi connectivity index (χ3v) is 5.08. The van der Waals surface area contributed by atoms with Crippen molar-refractivity contribution in [3.8, 4) is 0 Å². The summed E-state index contributed by atoms with van der Waals surface area (Å²) in [5.74, 6) is -0.708. The Morgan fingerprint density at radius 1 is 1.29 bits per heavy atom. The van der Waals surface area contributed by atoms with Crippen LogP contribution in [0.4, 0.5) is 0 Å². The van der Waals surface area contributed by atoms with E-state index in [1.165, 1.54) is 6.42 Å². The van der Waals surface area contributed by atoms with Crippen LogP contribution in [0.15, 0.2) is 0 Å². The van der Waals surface area contributed by atoms with Gasteiger partial charge < -0.3 is 14.6 Å². The molecule has 0 aromatic rings. The van der Waals surface area contributed by atoms with Gasteiger partial charge in [0.05, 0.1) is 19.1 Å². The zero-order chi connectivity index (χ0) is 15.7. The standard InChI is InChI=1S/C15H27O5P/c1-3-19-14(17)13(10-12-8-6-5-7-9-12)15(11-16,21-18)20-4-2/h12-13,16H,3-11H2,1-2H3.